The first-order chi connectivity index (χ1) is 9.85. The summed E-state index contributed by atoms with van der Waals surface area (Å²) in [4.78, 5) is 35.1. The van der Waals surface area contributed by atoms with Gasteiger partial charge in [-0.2, -0.15) is 0 Å². The number of benzene rings is 1. The molecule has 0 saturated carbocycles. The summed E-state index contributed by atoms with van der Waals surface area (Å²) < 4.78 is 13.4. The molecule has 0 bridgehead atoms. The first-order valence-electron chi connectivity index (χ1n) is 6.16. The van der Waals surface area contributed by atoms with E-state index in [9.17, 15) is 18.8 Å². The molecule has 0 aromatic heterocycles. The van der Waals surface area contributed by atoms with Crippen LogP contribution in [0.3, 0.4) is 0 Å². The average molecular weight is 297 g/mol. The van der Waals surface area contributed by atoms with E-state index in [0.29, 0.717) is 6.54 Å². The van der Waals surface area contributed by atoms with E-state index < -0.39 is 23.4 Å². The molecule has 0 atom stereocenters. The van der Waals surface area contributed by atoms with E-state index in [1.54, 1.807) is 14.0 Å². The van der Waals surface area contributed by atoms with Gasteiger partial charge >= 0.3 is 12.0 Å². The third-order valence-corrected chi connectivity index (χ3v) is 2.76. The Labute approximate surface area is 120 Å². The summed E-state index contributed by atoms with van der Waals surface area (Å²) in [5.74, 6) is -2.61. The van der Waals surface area contributed by atoms with Crippen molar-refractivity contribution in [3.05, 3.63) is 29.6 Å². The molecular weight excluding hydrogens is 281 g/mol. The number of amides is 3. The minimum atomic E-state index is -1.39. The minimum absolute atomic E-state index is 0.0892. The number of carboxylic acids is 1. The van der Waals surface area contributed by atoms with Crippen molar-refractivity contribution in [1.82, 2.24) is 10.2 Å². The highest BCUT2D eigenvalue weighted by molar-refractivity contribution is 5.93. The first kappa shape index (κ1) is 16.4. The Morgan fingerprint density at radius 3 is 2.52 bits per heavy atom. The number of carboxylic acid groups (broad SMARTS) is 1. The molecular formula is C13H16FN3O4. The lowest BCUT2D eigenvalue weighted by molar-refractivity contribution is -0.128. The van der Waals surface area contributed by atoms with Crippen molar-refractivity contribution in [2.24, 2.45) is 0 Å². The van der Waals surface area contributed by atoms with Gasteiger partial charge < -0.3 is 20.6 Å². The van der Waals surface area contributed by atoms with Crippen LogP contribution in [-0.4, -0.2) is 48.1 Å². The van der Waals surface area contributed by atoms with Crippen LogP contribution in [0.5, 0.6) is 0 Å². The van der Waals surface area contributed by atoms with Crippen LogP contribution in [-0.2, 0) is 4.79 Å². The van der Waals surface area contributed by atoms with Gasteiger partial charge in [0.05, 0.1) is 12.1 Å². The Bertz CT molecular complexity index is 562. The highest BCUT2D eigenvalue weighted by Crippen LogP contribution is 2.14. The van der Waals surface area contributed by atoms with E-state index in [2.05, 4.69) is 10.6 Å². The molecule has 0 heterocycles. The number of likely N-dealkylation sites (N-methyl/N-ethyl adjacent to an activating group) is 1. The number of aromatic carboxylic acids is 1. The molecule has 0 spiro atoms. The molecule has 21 heavy (non-hydrogen) atoms. The molecule has 0 aliphatic heterocycles. The zero-order chi connectivity index (χ0) is 16.0. The lowest BCUT2D eigenvalue weighted by Gasteiger charge is -2.15. The highest BCUT2D eigenvalue weighted by Gasteiger charge is 2.12. The maximum atomic E-state index is 13.4. The number of carbonyl (C=O) groups excluding carboxylic acids is 2. The molecule has 0 saturated heterocycles. The Balaban J connectivity index is 2.58. The largest absolute Gasteiger partial charge is 0.478 e. The van der Waals surface area contributed by atoms with Crippen molar-refractivity contribution in [3.8, 4) is 0 Å². The van der Waals surface area contributed by atoms with Crippen molar-refractivity contribution in [2.45, 2.75) is 6.92 Å². The fourth-order valence-electron chi connectivity index (χ4n) is 1.41. The maximum Gasteiger partial charge on any atom is 0.338 e. The maximum absolute atomic E-state index is 13.4. The lowest BCUT2D eigenvalue weighted by atomic mass is 10.2. The topological polar surface area (TPSA) is 98.7 Å². The molecule has 8 heteroatoms. The molecule has 114 valence electrons. The number of hydrogen-bond acceptors (Lipinski definition) is 3. The number of anilines is 1. The molecule has 0 radical (unpaired) electrons. The van der Waals surface area contributed by atoms with Crippen LogP contribution >= 0.6 is 0 Å². The van der Waals surface area contributed by atoms with E-state index in [-0.39, 0.29) is 18.1 Å². The van der Waals surface area contributed by atoms with Crippen molar-refractivity contribution in [2.75, 3.05) is 25.5 Å². The summed E-state index contributed by atoms with van der Waals surface area (Å²) >= 11 is 0. The van der Waals surface area contributed by atoms with Gasteiger partial charge in [0.15, 0.2) is 0 Å². The molecule has 0 aliphatic rings. The fourth-order valence-corrected chi connectivity index (χ4v) is 1.41. The summed E-state index contributed by atoms with van der Waals surface area (Å²) in [7, 11) is 1.60. The van der Waals surface area contributed by atoms with E-state index >= 15 is 0 Å². The second kappa shape index (κ2) is 7.22. The summed E-state index contributed by atoms with van der Waals surface area (Å²) in [6.07, 6.45) is 0. The normalized spacial score (nSPS) is 9.86. The van der Waals surface area contributed by atoms with Gasteiger partial charge in [0.2, 0.25) is 5.91 Å². The summed E-state index contributed by atoms with van der Waals surface area (Å²) in [5.41, 5.74) is -0.396. The molecule has 3 N–H and O–H groups in total. The Hall–Kier alpha value is -2.64. The number of nitrogens with zero attached hydrogens (tertiary/aromatic N) is 1. The number of urea groups is 1. The van der Waals surface area contributed by atoms with Crippen LogP contribution in [0.15, 0.2) is 18.2 Å². The number of carbonyl (C=O) groups is 3. The standard InChI is InChI=1S/C13H16FN3O4/c1-3-17(2)11(18)7-15-13(21)16-8-4-5-9(12(19)20)10(14)6-8/h4-6H,3,7H2,1-2H3,(H,19,20)(H2,15,16,21). The van der Waals surface area contributed by atoms with Gasteiger partial charge in [-0.3, -0.25) is 4.79 Å². The third kappa shape index (κ3) is 4.75. The Morgan fingerprint density at radius 2 is 2.00 bits per heavy atom. The van der Waals surface area contributed by atoms with Crippen LogP contribution in [0.4, 0.5) is 14.9 Å². The van der Waals surface area contributed by atoms with Crippen molar-refractivity contribution >= 4 is 23.6 Å². The van der Waals surface area contributed by atoms with E-state index in [4.69, 9.17) is 5.11 Å². The number of hydrogen-bond donors (Lipinski definition) is 3. The zero-order valence-corrected chi connectivity index (χ0v) is 11.6. The van der Waals surface area contributed by atoms with Gasteiger partial charge in [0, 0.05) is 19.3 Å². The summed E-state index contributed by atoms with van der Waals surface area (Å²) in [5, 5.41) is 13.3. The molecule has 1 aromatic carbocycles. The van der Waals surface area contributed by atoms with Crippen LogP contribution in [0.25, 0.3) is 0 Å². The quantitative estimate of drug-likeness (QED) is 0.758. The molecule has 1 aromatic rings. The SMILES string of the molecule is CCN(C)C(=O)CNC(=O)Nc1ccc(C(=O)O)c(F)c1. The van der Waals surface area contributed by atoms with Crippen LogP contribution in [0, 0.1) is 5.82 Å². The van der Waals surface area contributed by atoms with Crippen molar-refractivity contribution < 1.29 is 23.9 Å². The second-order valence-corrected chi connectivity index (χ2v) is 4.22. The van der Waals surface area contributed by atoms with Gasteiger partial charge in [0.1, 0.15) is 5.82 Å². The van der Waals surface area contributed by atoms with Gasteiger partial charge in [-0.15, -0.1) is 0 Å². The van der Waals surface area contributed by atoms with Crippen molar-refractivity contribution in [3.63, 3.8) is 0 Å². The zero-order valence-electron chi connectivity index (χ0n) is 11.6. The van der Waals surface area contributed by atoms with Crippen molar-refractivity contribution in [1.29, 1.82) is 0 Å². The molecule has 7 nitrogen and oxygen atoms in total. The molecule has 0 unspecified atom stereocenters. The van der Waals surface area contributed by atoms with Gasteiger partial charge in [-0.25, -0.2) is 14.0 Å². The Morgan fingerprint density at radius 1 is 1.33 bits per heavy atom. The second-order valence-electron chi connectivity index (χ2n) is 4.22. The fraction of sp³-hybridized carbons (Fsp3) is 0.308. The molecule has 1 rings (SSSR count). The van der Waals surface area contributed by atoms with Crippen LogP contribution in [0.1, 0.15) is 17.3 Å². The third-order valence-electron chi connectivity index (χ3n) is 2.76. The summed E-state index contributed by atoms with van der Waals surface area (Å²) in [6.45, 7) is 2.13. The van der Waals surface area contributed by atoms with Gasteiger partial charge in [-0.05, 0) is 25.1 Å². The van der Waals surface area contributed by atoms with Crippen LogP contribution < -0.4 is 10.6 Å². The molecule has 0 aliphatic carbocycles. The van der Waals surface area contributed by atoms with Gasteiger partial charge in [-0.1, -0.05) is 0 Å². The molecule has 3 amide bonds. The average Bonchev–Trinajstić information content (AvgIpc) is 2.43. The smallest absolute Gasteiger partial charge is 0.338 e. The Kier molecular flexibility index (Phi) is 5.65. The van der Waals surface area contributed by atoms with E-state index in [1.807, 2.05) is 0 Å². The predicted octanol–water partition coefficient (Wildman–Crippen LogP) is 1.12. The highest BCUT2D eigenvalue weighted by atomic mass is 19.1. The van der Waals surface area contributed by atoms with E-state index in [0.717, 1.165) is 12.1 Å². The number of rotatable bonds is 5. The summed E-state index contributed by atoms with van der Waals surface area (Å²) in [6, 6.07) is 2.51. The monoisotopic (exact) mass is 297 g/mol. The number of halogens is 1. The van der Waals surface area contributed by atoms with E-state index in [1.165, 1.54) is 11.0 Å². The molecule has 0 fully saturated rings. The number of nitrogens with one attached hydrogen (secondary N) is 2. The minimum Gasteiger partial charge on any atom is -0.478 e. The van der Waals surface area contributed by atoms with Crippen LogP contribution in [0.2, 0.25) is 0 Å². The predicted molar refractivity (Wildman–Crippen MR) is 73.7 cm³/mol. The first-order valence-corrected chi connectivity index (χ1v) is 6.16. The van der Waals surface area contributed by atoms with Gasteiger partial charge in [0.25, 0.3) is 0 Å². The lowest BCUT2D eigenvalue weighted by Crippen LogP contribution is -2.39.